The first-order valence-electron chi connectivity index (χ1n) is 35.7. The zero-order chi connectivity index (χ0) is 91.7. The smallest absolute Gasteiger partial charge is 0.348 e. The predicted octanol–water partition coefficient (Wildman–Crippen LogP) is 10.4. The first-order chi connectivity index (χ1) is 58.7. The number of nitrogens with zero attached hydrogens (tertiary/aromatic N) is 2. The summed E-state index contributed by atoms with van der Waals surface area (Å²) in [5.74, 6) is 3.42. The molecule has 2 atom stereocenters. The predicted molar refractivity (Wildman–Crippen MR) is 464 cm³/mol. The van der Waals surface area contributed by atoms with Crippen molar-refractivity contribution in [3.63, 3.8) is 0 Å². The van der Waals surface area contributed by atoms with Crippen LogP contribution >= 0.6 is 58.0 Å². The number of hydrogen-bond donors (Lipinski definition) is 13. The number of carbonyl (C=O) groups excluding carboxylic acids is 12. The number of hydrogen-bond acceptors (Lipinski definition) is 35. The number of anilines is 4. The summed E-state index contributed by atoms with van der Waals surface area (Å²) in [7, 11) is 4.96. The van der Waals surface area contributed by atoms with Crippen molar-refractivity contribution >= 4 is 180 Å². The number of esters is 9. The molecule has 2 aliphatic heterocycles. The van der Waals surface area contributed by atoms with Gasteiger partial charge in [-0.05, 0) is 120 Å². The highest BCUT2D eigenvalue weighted by Crippen LogP contribution is 2.42. The fourth-order valence-electron chi connectivity index (χ4n) is 10.0. The Morgan fingerprint density at radius 2 is 1.14 bits per heavy atom. The van der Waals surface area contributed by atoms with Crippen LogP contribution in [-0.2, 0) is 71.3 Å². The Morgan fingerprint density at radius 1 is 0.616 bits per heavy atom. The molecule has 0 bridgehead atoms. The van der Waals surface area contributed by atoms with Crippen molar-refractivity contribution in [1.82, 2.24) is 37.1 Å². The second kappa shape index (κ2) is 54.8. The average molecular weight is 1840 g/mol. The highest BCUT2D eigenvalue weighted by atomic mass is 35.5. The van der Waals surface area contributed by atoms with Gasteiger partial charge in [0.1, 0.15) is 23.1 Å². The minimum atomic E-state index is -1.04. The Kier molecular flexibility index (Phi) is 47.1. The molecule has 16 N–H and O–H groups in total. The molecule has 6 aromatic carbocycles. The van der Waals surface area contributed by atoms with Crippen molar-refractivity contribution < 1.29 is 115 Å². The van der Waals surface area contributed by atoms with Gasteiger partial charge in [0.05, 0.1) is 166 Å². The highest BCUT2D eigenvalue weighted by molar-refractivity contribution is 6.36. The molecule has 8 aromatic rings. The van der Waals surface area contributed by atoms with E-state index in [4.69, 9.17) is 94.4 Å². The molecule has 0 radical (unpaired) electrons. The number of ether oxygens (including phenoxy) is 10. The number of aromatic amines is 1. The highest BCUT2D eigenvalue weighted by Gasteiger charge is 2.36. The number of benzene rings is 6. The fourth-order valence-corrected chi connectivity index (χ4v) is 10.9. The van der Waals surface area contributed by atoms with Crippen LogP contribution in [0.3, 0.4) is 0 Å². The lowest BCUT2D eigenvalue weighted by molar-refractivity contribution is -0.384. The third-order valence-corrected chi connectivity index (χ3v) is 17.3. The molecule has 0 saturated carbocycles. The van der Waals surface area contributed by atoms with E-state index in [1.807, 2.05) is 11.5 Å². The van der Waals surface area contributed by atoms with Crippen LogP contribution in [0, 0.1) is 10.1 Å². The van der Waals surface area contributed by atoms with Gasteiger partial charge in [-0.3, -0.25) is 61.8 Å². The van der Waals surface area contributed by atoms with Crippen molar-refractivity contribution in [1.29, 1.82) is 0 Å². The van der Waals surface area contributed by atoms with Gasteiger partial charge in [-0.15, -0.1) is 0 Å². The van der Waals surface area contributed by atoms with Crippen LogP contribution in [0.15, 0.2) is 156 Å². The number of nitro benzene ring substituents is 1. The second-order valence-corrected chi connectivity index (χ2v) is 25.2. The van der Waals surface area contributed by atoms with Crippen LogP contribution in [0.4, 0.5) is 28.4 Å². The summed E-state index contributed by atoms with van der Waals surface area (Å²) in [6.45, 7) is 11.0. The molecule has 2 aliphatic rings. The van der Waals surface area contributed by atoms with Gasteiger partial charge in [0, 0.05) is 52.9 Å². The van der Waals surface area contributed by atoms with Gasteiger partial charge in [-0.25, -0.2) is 59.8 Å². The molecule has 125 heavy (non-hydrogen) atoms. The van der Waals surface area contributed by atoms with Gasteiger partial charge < -0.3 is 73.8 Å². The number of nitrogens with one attached hydrogen (secondary N) is 9. The van der Waals surface area contributed by atoms with Crippen molar-refractivity contribution in [3.05, 3.63) is 241 Å². The zero-order valence-electron chi connectivity index (χ0n) is 66.8. The molecule has 0 spiro atoms. The molecule has 0 fully saturated rings. The number of H-pyrrole nitrogens is 1. The first-order valence-corrected chi connectivity index (χ1v) is 37.5. The fraction of sp³-hybridized carbons (Fsp3) is 0.250. The van der Waals surface area contributed by atoms with Gasteiger partial charge in [-0.1, -0.05) is 91.1 Å². The molecule has 3 amide bonds. The maximum atomic E-state index is 12.5. The number of aliphatic hydroxyl groups excluding tert-OH is 1. The lowest BCUT2D eigenvalue weighted by Gasteiger charge is -2.35. The molecule has 2 unspecified atom stereocenters. The number of fused-ring (bicyclic) bond motifs is 2. The molecule has 672 valence electrons. The first kappa shape index (κ1) is 108. The van der Waals surface area contributed by atoms with Crippen molar-refractivity contribution in [2.24, 2.45) is 11.7 Å². The van der Waals surface area contributed by atoms with E-state index in [9.17, 15) is 77.5 Å². The molecular weight excluding hydrogens is 1750 g/mol. The monoisotopic (exact) mass is 1840 g/mol. The second-order valence-electron chi connectivity index (χ2n) is 23.2. The largest absolute Gasteiger partial charge is 0.500 e. The number of para-hydroxylation sites is 1. The summed E-state index contributed by atoms with van der Waals surface area (Å²) in [5.41, 5.74) is 23.9. The summed E-state index contributed by atoms with van der Waals surface area (Å²) >= 11 is 29.3. The van der Waals surface area contributed by atoms with E-state index in [1.54, 1.807) is 90.2 Å². The van der Waals surface area contributed by atoms with Crippen LogP contribution in [0.2, 0.25) is 25.1 Å². The number of halogens is 5. The third-order valence-electron chi connectivity index (χ3n) is 15.6. The van der Waals surface area contributed by atoms with E-state index in [0.29, 0.717) is 79.0 Å². The molecule has 4 heterocycles. The number of nitrogen functional groups attached to an aromatic ring is 2. The standard InChI is InChI=1S/C16H18ClNO6.C14H12ClNO5.C11H12ClN5O2.C11H11N5O2.C10H16O5.C8H6ClNO4.C8H8ClNO2.2CH4/c1-4-23-15(20)11(16(21)24-5-2)9-18-13-8-10(14(19)22-3)6-7-12(13)17;1-3-21-14(19)8-6-16-11-9(15)5-4-7(13(18)20-2)10(11)12(8)17;12-6-2-1-4-7-8(16-17-11(4)19)5(10(18)15-13)3-14-9(6)7;12-15-11(18)8-5-13-9-4-2-1-3-7(9)10(8)16-14-6-17;1-4-13-7-8(9(11)14-5-2)10(12)15-6-3;1-14-8(11)5-2-3-6(9)7(4-5)10(12)13;1-12-8(11)5-2-3-6(9)7(10)4-5;;/h6-9,18H,4-5H2,1-3H3;4-6H,3H2,1-2H3,(H,16,17);1-3,8,10,14-16,18H,13H2,(H,17,19);1-6H,12H2,(H,13,16)(H,14,17)(H,15,18);7H,4-6H2,1-3H3;2-4H,1H3;2-4H,10H2,1H3;2*1H4. The lowest BCUT2D eigenvalue weighted by Crippen LogP contribution is -2.50. The number of methoxy groups -OCH3 is 4. The number of pyridine rings is 2. The van der Waals surface area contributed by atoms with Gasteiger partial charge in [0.2, 0.25) is 11.8 Å². The molecule has 2 aromatic heterocycles. The van der Waals surface area contributed by atoms with E-state index in [-0.39, 0.29) is 124 Å². The molecule has 45 heteroatoms. The number of amides is 3. The van der Waals surface area contributed by atoms with Crippen LogP contribution in [-0.4, -0.2) is 166 Å². The zero-order valence-corrected chi connectivity index (χ0v) is 70.6. The Bertz CT molecular complexity index is 5330. The average Bonchev–Trinajstić information content (AvgIpc) is 0.756. The SMILES string of the molecule is C.C.CCOC(=O)C(=CNc1cc(C(=O)OC)ccc1Cl)C(=O)OCC.CCOC(=O)c1c[nH]c2c(Cl)ccc(C(=O)OC)c2c1=O.CCOC=C(C(=O)OCC)C(=O)OCC.COC(=O)c1ccc(Cl)c(N)c1.COC(=O)c1ccc(Cl)c([N+](=O)[O-])c1.NNC(=O)c1cnc2ccccc2c1NNC=O.NNC(O)C1=CNc2c(Cl)ccc3c2C1NNC3=O. The van der Waals surface area contributed by atoms with Gasteiger partial charge in [0.25, 0.3) is 17.5 Å². The topological polar surface area (TPSA) is 581 Å². The lowest BCUT2D eigenvalue weighted by atomic mass is 9.89. The van der Waals surface area contributed by atoms with E-state index in [1.165, 1.54) is 89.4 Å². The number of aliphatic hydroxyl groups is 1. The number of nitro groups is 1. The van der Waals surface area contributed by atoms with Crippen LogP contribution in [0.25, 0.3) is 21.8 Å². The molecule has 0 aliphatic carbocycles. The Labute approximate surface area is 739 Å². The molecule has 40 nitrogen and oxygen atoms in total. The van der Waals surface area contributed by atoms with Crippen molar-refractivity contribution in [2.75, 3.05) is 89.9 Å². The Morgan fingerprint density at radius 3 is 1.66 bits per heavy atom. The third kappa shape index (κ3) is 30.5. The normalized spacial score (nSPS) is 11.4. The summed E-state index contributed by atoms with van der Waals surface area (Å²) in [6, 6.07) is 25.7. The van der Waals surface area contributed by atoms with Crippen LogP contribution in [0.5, 0.6) is 0 Å². The molecule has 0 saturated heterocycles. The van der Waals surface area contributed by atoms with Gasteiger partial charge >= 0.3 is 53.7 Å². The van der Waals surface area contributed by atoms with Crippen LogP contribution < -0.4 is 66.0 Å². The van der Waals surface area contributed by atoms with E-state index in [2.05, 4.69) is 76.2 Å². The Hall–Kier alpha value is -13.6. The van der Waals surface area contributed by atoms with Crippen molar-refractivity contribution in [3.8, 4) is 0 Å². The Balaban J connectivity index is 0.000000497. The van der Waals surface area contributed by atoms with Crippen LogP contribution in [0.1, 0.15) is 141 Å². The minimum Gasteiger partial charge on any atom is -0.500 e. The molecular formula is C80H91Cl5N14O26. The summed E-state index contributed by atoms with van der Waals surface area (Å²) in [4.78, 5) is 166. The van der Waals surface area contributed by atoms with E-state index < -0.39 is 82.3 Å². The summed E-state index contributed by atoms with van der Waals surface area (Å²) < 4.78 is 46.8. The van der Waals surface area contributed by atoms with E-state index >= 15 is 0 Å². The number of hydrazine groups is 4. The van der Waals surface area contributed by atoms with Gasteiger partial charge in [-0.2, -0.15) is 0 Å². The number of aromatic nitrogens is 2. The minimum absolute atomic E-state index is 0. The van der Waals surface area contributed by atoms with Gasteiger partial charge in [0.15, 0.2) is 11.1 Å². The number of rotatable bonds is 25. The van der Waals surface area contributed by atoms with Crippen molar-refractivity contribution in [2.45, 2.75) is 68.7 Å². The summed E-state index contributed by atoms with van der Waals surface area (Å²) in [5, 5.41) is 28.1. The maximum absolute atomic E-state index is 12.5. The van der Waals surface area contributed by atoms with E-state index in [0.717, 1.165) is 18.5 Å². The number of nitrogens with two attached hydrogens (primary N) is 3. The quantitative estimate of drug-likeness (QED) is 0.00202. The maximum Gasteiger partial charge on any atom is 0.348 e. The summed E-state index contributed by atoms with van der Waals surface area (Å²) in [6.07, 6.45) is 5.83. The molecule has 10 rings (SSSR count). The number of carbonyl (C=O) groups is 12.